The minimum Gasteiger partial charge on any atom is -0.726 e. The van der Waals surface area contributed by atoms with Crippen molar-refractivity contribution in [2.75, 3.05) is 66.7 Å². The summed E-state index contributed by atoms with van der Waals surface area (Å²) < 4.78 is 37.1. The maximum absolute atomic E-state index is 13.0. The number of hydrogen-bond acceptors (Lipinski definition) is 9. The number of amides is 1. The molecular weight excluding hydrogens is 757 g/mol. The first-order valence-corrected chi connectivity index (χ1v) is 25.3. The molecule has 0 fully saturated rings. The van der Waals surface area contributed by atoms with Crippen LogP contribution in [0.25, 0.3) is 0 Å². The van der Waals surface area contributed by atoms with E-state index >= 15 is 0 Å². The molecule has 0 aliphatic carbocycles. The summed E-state index contributed by atoms with van der Waals surface area (Å²) in [6.07, 6.45) is 40.1. The van der Waals surface area contributed by atoms with Gasteiger partial charge in [-0.15, -0.1) is 0 Å². The van der Waals surface area contributed by atoms with Gasteiger partial charge in [0.05, 0.1) is 40.5 Å². The molecule has 0 aromatic rings. The first-order valence-electron chi connectivity index (χ1n) is 24.0. The number of carbonyl (C=O) groups excluding carboxylic acids is 2. The van der Waals surface area contributed by atoms with Crippen LogP contribution in [-0.2, 0) is 28.9 Å². The Bertz CT molecular complexity index is 1000. The molecule has 1 unspecified atom stereocenters. The zero-order valence-corrected chi connectivity index (χ0v) is 39.2. The summed E-state index contributed by atoms with van der Waals surface area (Å²) in [5, 5.41) is 19.4. The van der Waals surface area contributed by atoms with Crippen molar-refractivity contribution in [3.8, 4) is 0 Å². The van der Waals surface area contributed by atoms with E-state index in [-0.39, 0.29) is 25.1 Å². The van der Waals surface area contributed by atoms with Crippen LogP contribution in [0.5, 0.6) is 0 Å². The quantitative estimate of drug-likeness (QED) is 0.0201. The van der Waals surface area contributed by atoms with Gasteiger partial charge in [0.15, 0.2) is 0 Å². The van der Waals surface area contributed by atoms with Crippen LogP contribution in [0.4, 0.5) is 0 Å². The van der Waals surface area contributed by atoms with Crippen LogP contribution in [0, 0.1) is 0 Å². The summed E-state index contributed by atoms with van der Waals surface area (Å²) in [5.74, 6) is -0.0277. The number of nitrogens with zero attached hydrogens (tertiary/aromatic N) is 2. The van der Waals surface area contributed by atoms with Crippen LogP contribution < -0.4 is 0 Å². The lowest BCUT2D eigenvalue weighted by Gasteiger charge is -2.36. The van der Waals surface area contributed by atoms with Gasteiger partial charge in [0, 0.05) is 19.4 Å². The highest BCUT2D eigenvalue weighted by Crippen LogP contribution is 2.16. The van der Waals surface area contributed by atoms with E-state index in [0.717, 1.165) is 32.8 Å². The van der Waals surface area contributed by atoms with Crippen molar-refractivity contribution >= 4 is 22.3 Å². The van der Waals surface area contributed by atoms with Gasteiger partial charge in [-0.1, -0.05) is 194 Å². The second kappa shape index (κ2) is 43.8. The number of likely N-dealkylation sites (N-methyl/N-ethyl adjacent to an activating group) is 1. The average Bonchev–Trinajstić information content (AvgIpc) is 3.19. The first kappa shape index (κ1) is 58.8. The molecule has 2 N–H and O–H groups in total. The number of unbranched alkanes of at least 4 members (excludes halogenated alkanes) is 28. The maximum atomic E-state index is 13.0. The first-order chi connectivity index (χ1) is 28.0. The van der Waals surface area contributed by atoms with Gasteiger partial charge >= 0.3 is 5.97 Å². The molecule has 0 bridgehead atoms. The lowest BCUT2D eigenvalue weighted by Crippen LogP contribution is -2.53. The minimum atomic E-state index is -4.41. The zero-order valence-electron chi connectivity index (χ0n) is 38.3. The van der Waals surface area contributed by atoms with E-state index in [1.165, 1.54) is 167 Å². The lowest BCUT2D eigenvalue weighted by molar-refractivity contribution is -0.909. The summed E-state index contributed by atoms with van der Waals surface area (Å²) in [6, 6.07) is 0. The van der Waals surface area contributed by atoms with E-state index < -0.39 is 10.4 Å². The Morgan fingerprint density at radius 1 is 0.534 bits per heavy atom. The number of aliphatic hydroxyl groups excluding tert-OH is 2. The molecule has 0 aliphatic rings. The summed E-state index contributed by atoms with van der Waals surface area (Å²) in [5.41, 5.74) is 0. The van der Waals surface area contributed by atoms with Crippen molar-refractivity contribution in [2.45, 2.75) is 219 Å². The molecule has 0 saturated heterocycles. The van der Waals surface area contributed by atoms with E-state index in [9.17, 15) is 32.8 Å². The number of hydrogen-bond donors (Lipinski definition) is 2. The molecule has 0 radical (unpaired) electrons. The van der Waals surface area contributed by atoms with E-state index in [2.05, 4.69) is 25.1 Å². The van der Waals surface area contributed by atoms with Crippen LogP contribution >= 0.6 is 0 Å². The van der Waals surface area contributed by atoms with Gasteiger partial charge in [0.1, 0.15) is 19.7 Å². The zero-order chi connectivity index (χ0) is 43.4. The molecule has 11 nitrogen and oxygen atoms in total. The molecule has 0 saturated carbocycles. The summed E-state index contributed by atoms with van der Waals surface area (Å²) in [4.78, 5) is 27.2. The van der Waals surface area contributed by atoms with Gasteiger partial charge < -0.3 is 28.9 Å². The SMILES string of the molecule is CCCCCCCCCCCCCCCCCC(=O)OCC[N+](C)(CCO)CCN(CCO)C(=O)CCCCCCCCCCCCCCCCC.COS(=O)(=O)[O-]. The molecule has 0 aromatic heterocycles. The summed E-state index contributed by atoms with van der Waals surface area (Å²) in [6.45, 7) is 7.52. The van der Waals surface area contributed by atoms with Crippen LogP contribution in [0.2, 0.25) is 0 Å². The number of ether oxygens (including phenoxy) is 1. The highest BCUT2D eigenvalue weighted by molar-refractivity contribution is 7.80. The third-order valence-corrected chi connectivity index (χ3v) is 11.8. The standard InChI is InChI=1S/C45H91N2O5.CH4O4S/c1-4-6-8-10-12-14-16-18-20-22-24-26-28-30-32-34-44(50)46(37-41-48)36-38-47(3,39-42-49)40-43-52-45(51)35-33-31-29-27-25-23-21-19-17-15-13-11-9-7-5-2;1-5-6(2,3)4/h48-49H,4-43H2,1-3H3;1H3,(H,2,3,4)/q+1;/p-1. The van der Waals surface area contributed by atoms with Gasteiger partial charge in [0.2, 0.25) is 16.3 Å². The largest absolute Gasteiger partial charge is 0.726 e. The molecule has 348 valence electrons. The molecular formula is C46H94N2O9S. The van der Waals surface area contributed by atoms with Crippen molar-refractivity contribution in [1.29, 1.82) is 0 Å². The fraction of sp³-hybridized carbons (Fsp3) is 0.957. The number of esters is 1. The highest BCUT2D eigenvalue weighted by atomic mass is 32.3. The van der Waals surface area contributed by atoms with Gasteiger partial charge in [-0.05, 0) is 12.8 Å². The predicted molar refractivity (Wildman–Crippen MR) is 238 cm³/mol. The monoisotopic (exact) mass is 851 g/mol. The van der Waals surface area contributed by atoms with Crippen LogP contribution in [-0.4, -0.2) is 111 Å². The second-order valence-electron chi connectivity index (χ2n) is 16.8. The van der Waals surface area contributed by atoms with Crippen molar-refractivity contribution in [1.82, 2.24) is 4.90 Å². The summed E-state index contributed by atoms with van der Waals surface area (Å²) >= 11 is 0. The molecule has 0 aliphatic heterocycles. The minimum absolute atomic E-state index is 0.0383. The van der Waals surface area contributed by atoms with Gasteiger partial charge in [0.25, 0.3) is 0 Å². The average molecular weight is 851 g/mol. The smallest absolute Gasteiger partial charge is 0.305 e. The normalized spacial score (nSPS) is 12.5. The van der Waals surface area contributed by atoms with Crippen molar-refractivity contribution in [3.63, 3.8) is 0 Å². The molecule has 0 aromatic carbocycles. The fourth-order valence-corrected chi connectivity index (χ4v) is 7.32. The van der Waals surface area contributed by atoms with Crippen molar-refractivity contribution < 1.29 is 46.2 Å². The molecule has 0 heterocycles. The van der Waals surface area contributed by atoms with Crippen molar-refractivity contribution in [2.24, 2.45) is 0 Å². The van der Waals surface area contributed by atoms with Gasteiger partial charge in [-0.25, -0.2) is 8.42 Å². The molecule has 0 spiro atoms. The molecule has 1 atom stereocenters. The van der Waals surface area contributed by atoms with E-state index in [1.807, 2.05) is 0 Å². The fourth-order valence-electron chi connectivity index (χ4n) is 7.32. The van der Waals surface area contributed by atoms with Gasteiger partial charge in [-0.3, -0.25) is 13.8 Å². The van der Waals surface area contributed by atoms with Crippen LogP contribution in [0.15, 0.2) is 0 Å². The number of rotatable bonds is 43. The topological polar surface area (TPSA) is 154 Å². The lowest BCUT2D eigenvalue weighted by atomic mass is 10.0. The Morgan fingerprint density at radius 2 is 0.879 bits per heavy atom. The number of aliphatic hydroxyl groups is 2. The molecule has 58 heavy (non-hydrogen) atoms. The Balaban J connectivity index is 0. The molecule has 12 heteroatoms. The van der Waals surface area contributed by atoms with Crippen LogP contribution in [0.3, 0.4) is 0 Å². The Morgan fingerprint density at radius 3 is 1.21 bits per heavy atom. The molecule has 0 rings (SSSR count). The molecule has 1 amide bonds. The number of carbonyl (C=O) groups is 2. The Hall–Kier alpha value is -1.31. The third-order valence-electron chi connectivity index (χ3n) is 11.3. The van der Waals surface area contributed by atoms with E-state index in [0.29, 0.717) is 56.7 Å². The highest BCUT2D eigenvalue weighted by Gasteiger charge is 2.24. The van der Waals surface area contributed by atoms with Crippen LogP contribution in [0.1, 0.15) is 219 Å². The van der Waals surface area contributed by atoms with E-state index in [1.54, 1.807) is 4.90 Å². The predicted octanol–water partition coefficient (Wildman–Crippen LogP) is 10.4. The maximum Gasteiger partial charge on any atom is 0.305 e. The van der Waals surface area contributed by atoms with E-state index in [4.69, 9.17) is 4.74 Å². The number of quaternary nitrogens is 1. The Kier molecular flexibility index (Phi) is 44.4. The van der Waals surface area contributed by atoms with Crippen molar-refractivity contribution in [3.05, 3.63) is 0 Å². The third kappa shape index (κ3) is 44.2. The van der Waals surface area contributed by atoms with Gasteiger partial charge in [-0.2, -0.15) is 0 Å². The Labute approximate surface area is 358 Å². The second-order valence-corrected chi connectivity index (χ2v) is 18.0. The summed E-state index contributed by atoms with van der Waals surface area (Å²) in [7, 11) is -1.55.